The molecule has 0 saturated carbocycles. The lowest BCUT2D eigenvalue weighted by molar-refractivity contribution is -0.115. The van der Waals surface area contributed by atoms with E-state index in [1.54, 1.807) is 0 Å². The average molecular weight is 236 g/mol. The molecule has 1 aromatic rings. The lowest BCUT2D eigenvalue weighted by Crippen LogP contribution is -2.48. The van der Waals surface area contributed by atoms with Gasteiger partial charge in [-0.3, -0.25) is 0 Å². The molecule has 1 atom stereocenters. The van der Waals surface area contributed by atoms with E-state index in [9.17, 15) is 4.79 Å². The maximum absolute atomic E-state index is 11.0. The van der Waals surface area contributed by atoms with Gasteiger partial charge in [-0.2, -0.15) is 0 Å². The Balaban J connectivity index is 2.82. The molecular formula is C13H20O2Si. The number of carbonyl (C=O) groups excluding carboxylic acids is 1. The van der Waals surface area contributed by atoms with Crippen LogP contribution in [0, 0.1) is 5.92 Å². The number of benzene rings is 1. The second-order valence-corrected chi connectivity index (χ2v) is 8.67. The molecule has 0 N–H and O–H groups in total. The number of hydrogen-bond acceptors (Lipinski definition) is 2. The Labute approximate surface area is 98.8 Å². The van der Waals surface area contributed by atoms with E-state index in [-0.39, 0.29) is 12.0 Å². The Morgan fingerprint density at radius 2 is 1.75 bits per heavy atom. The van der Waals surface area contributed by atoms with Gasteiger partial charge >= 0.3 is 0 Å². The Morgan fingerprint density at radius 1 is 1.19 bits per heavy atom. The molecule has 0 bridgehead atoms. The van der Waals surface area contributed by atoms with E-state index >= 15 is 0 Å². The van der Waals surface area contributed by atoms with Crippen LogP contribution in [0.5, 0.6) is 0 Å². The van der Waals surface area contributed by atoms with Crippen molar-refractivity contribution in [1.29, 1.82) is 0 Å². The summed E-state index contributed by atoms with van der Waals surface area (Å²) in [5, 5.41) is 1.22. The Bertz CT molecular complexity index is 333. The lowest BCUT2D eigenvalue weighted by Gasteiger charge is -2.28. The first kappa shape index (κ1) is 13.1. The van der Waals surface area contributed by atoms with E-state index in [1.165, 1.54) is 5.19 Å². The van der Waals surface area contributed by atoms with Gasteiger partial charge in [-0.1, -0.05) is 44.2 Å². The maximum atomic E-state index is 11.0. The molecule has 1 unspecified atom stereocenters. The van der Waals surface area contributed by atoms with Gasteiger partial charge in [0.05, 0.1) is 0 Å². The highest BCUT2D eigenvalue weighted by atomic mass is 28.4. The summed E-state index contributed by atoms with van der Waals surface area (Å²) in [5.74, 6) is 0.230. The molecule has 0 spiro atoms. The third-order valence-corrected chi connectivity index (χ3v) is 5.28. The molecule has 0 amide bonds. The Morgan fingerprint density at radius 3 is 2.19 bits per heavy atom. The first-order chi connectivity index (χ1) is 7.47. The van der Waals surface area contributed by atoms with Gasteiger partial charge < -0.3 is 9.22 Å². The van der Waals surface area contributed by atoms with E-state index in [1.807, 2.05) is 32.0 Å². The van der Waals surface area contributed by atoms with Crippen LogP contribution < -0.4 is 5.19 Å². The molecule has 0 aliphatic heterocycles. The maximum Gasteiger partial charge on any atom is 0.219 e. The SMILES string of the molecule is CC(C)C(C=O)O[Si](C)(C)c1ccccc1. The van der Waals surface area contributed by atoms with Crippen LogP contribution in [-0.4, -0.2) is 20.7 Å². The minimum absolute atomic E-state index is 0.230. The molecule has 88 valence electrons. The average Bonchev–Trinajstić information content (AvgIpc) is 2.27. The fourth-order valence-corrected chi connectivity index (χ4v) is 3.71. The Kier molecular flexibility index (Phi) is 4.44. The van der Waals surface area contributed by atoms with Crippen LogP contribution in [0.2, 0.25) is 13.1 Å². The molecule has 3 heteroatoms. The lowest BCUT2D eigenvalue weighted by atomic mass is 10.1. The van der Waals surface area contributed by atoms with E-state index in [0.717, 1.165) is 6.29 Å². The van der Waals surface area contributed by atoms with Gasteiger partial charge in [-0.25, -0.2) is 0 Å². The summed E-state index contributed by atoms with van der Waals surface area (Å²) >= 11 is 0. The van der Waals surface area contributed by atoms with Gasteiger partial charge in [0.25, 0.3) is 0 Å². The molecule has 0 fully saturated rings. The number of carbonyl (C=O) groups is 1. The summed E-state index contributed by atoms with van der Waals surface area (Å²) in [6.45, 7) is 8.27. The molecule has 1 rings (SSSR count). The summed E-state index contributed by atoms with van der Waals surface area (Å²) < 4.78 is 6.01. The van der Waals surface area contributed by atoms with E-state index in [4.69, 9.17) is 4.43 Å². The Hall–Kier alpha value is -0.933. The normalized spacial score (nSPS) is 13.8. The van der Waals surface area contributed by atoms with Crippen molar-refractivity contribution in [3.05, 3.63) is 30.3 Å². The highest BCUT2D eigenvalue weighted by molar-refractivity contribution is 6.84. The highest BCUT2D eigenvalue weighted by Crippen LogP contribution is 2.13. The number of rotatable bonds is 5. The molecule has 0 aromatic heterocycles. The third-order valence-electron chi connectivity index (χ3n) is 2.69. The van der Waals surface area contributed by atoms with Crippen LogP contribution in [0.25, 0.3) is 0 Å². The number of aldehydes is 1. The van der Waals surface area contributed by atoms with Crippen LogP contribution in [-0.2, 0) is 9.22 Å². The molecule has 0 radical (unpaired) electrons. The predicted octanol–water partition coefficient (Wildman–Crippen LogP) is 2.34. The molecule has 0 heterocycles. The molecule has 0 aliphatic rings. The smallest absolute Gasteiger partial charge is 0.219 e. The van der Waals surface area contributed by atoms with Crippen molar-refractivity contribution in [3.8, 4) is 0 Å². The molecule has 1 aromatic carbocycles. The van der Waals surface area contributed by atoms with Crippen LogP contribution in [0.1, 0.15) is 13.8 Å². The van der Waals surface area contributed by atoms with Gasteiger partial charge in [-0.15, -0.1) is 0 Å². The summed E-state index contributed by atoms with van der Waals surface area (Å²) in [6, 6.07) is 10.2. The first-order valence-electron chi connectivity index (χ1n) is 5.66. The summed E-state index contributed by atoms with van der Waals surface area (Å²) in [4.78, 5) is 11.0. The van der Waals surface area contributed by atoms with Gasteiger partial charge in [0.1, 0.15) is 12.4 Å². The summed E-state index contributed by atoms with van der Waals surface area (Å²) in [7, 11) is -1.96. The van der Waals surface area contributed by atoms with Crippen LogP contribution in [0.4, 0.5) is 0 Å². The third kappa shape index (κ3) is 3.28. The zero-order valence-electron chi connectivity index (χ0n) is 10.4. The first-order valence-corrected chi connectivity index (χ1v) is 8.57. The molecular weight excluding hydrogens is 216 g/mol. The van der Waals surface area contributed by atoms with Gasteiger partial charge in [0, 0.05) is 0 Å². The van der Waals surface area contributed by atoms with Crippen molar-refractivity contribution in [2.75, 3.05) is 0 Å². The van der Waals surface area contributed by atoms with E-state index < -0.39 is 8.32 Å². The van der Waals surface area contributed by atoms with Gasteiger partial charge in [0.15, 0.2) is 0 Å². The minimum Gasteiger partial charge on any atom is -0.403 e. The number of hydrogen-bond donors (Lipinski definition) is 0. The molecule has 2 nitrogen and oxygen atoms in total. The van der Waals surface area contributed by atoms with Crippen molar-refractivity contribution < 1.29 is 9.22 Å². The standard InChI is InChI=1S/C13H20O2Si/c1-11(2)13(10-14)15-16(3,4)12-8-6-5-7-9-12/h5-11,13H,1-4H3. The highest BCUT2D eigenvalue weighted by Gasteiger charge is 2.29. The van der Waals surface area contributed by atoms with Crippen molar-refractivity contribution in [2.24, 2.45) is 5.92 Å². The fourth-order valence-electron chi connectivity index (χ4n) is 1.57. The second-order valence-electron chi connectivity index (χ2n) is 4.84. The van der Waals surface area contributed by atoms with Gasteiger partial charge in [-0.05, 0) is 24.2 Å². The molecule has 16 heavy (non-hydrogen) atoms. The quantitative estimate of drug-likeness (QED) is 0.579. The monoisotopic (exact) mass is 236 g/mol. The van der Waals surface area contributed by atoms with Crippen LogP contribution in [0.3, 0.4) is 0 Å². The zero-order valence-corrected chi connectivity index (χ0v) is 11.4. The van der Waals surface area contributed by atoms with Crippen molar-refractivity contribution in [1.82, 2.24) is 0 Å². The van der Waals surface area contributed by atoms with Crippen molar-refractivity contribution >= 4 is 19.8 Å². The zero-order chi connectivity index (χ0) is 12.2. The van der Waals surface area contributed by atoms with E-state index in [2.05, 4.69) is 25.2 Å². The van der Waals surface area contributed by atoms with Crippen LogP contribution >= 0.6 is 0 Å². The van der Waals surface area contributed by atoms with E-state index in [0.29, 0.717) is 0 Å². The molecule has 0 saturated heterocycles. The molecule has 0 aliphatic carbocycles. The second kappa shape index (κ2) is 5.41. The summed E-state index contributed by atoms with van der Waals surface area (Å²) in [5.41, 5.74) is 0. The predicted molar refractivity (Wildman–Crippen MR) is 69.3 cm³/mol. The van der Waals surface area contributed by atoms with Crippen LogP contribution in [0.15, 0.2) is 30.3 Å². The van der Waals surface area contributed by atoms with Crippen molar-refractivity contribution in [2.45, 2.75) is 33.0 Å². The topological polar surface area (TPSA) is 26.3 Å². The summed E-state index contributed by atoms with van der Waals surface area (Å²) in [6.07, 6.45) is 0.629. The van der Waals surface area contributed by atoms with Gasteiger partial charge in [0.2, 0.25) is 8.32 Å². The largest absolute Gasteiger partial charge is 0.403 e. The van der Waals surface area contributed by atoms with Crippen molar-refractivity contribution in [3.63, 3.8) is 0 Å². The minimum atomic E-state index is -1.96. The fraction of sp³-hybridized carbons (Fsp3) is 0.462.